The number of pyridine rings is 1. The smallest absolute Gasteiger partial charge is 0.270 e. The van der Waals surface area contributed by atoms with Gasteiger partial charge in [-0.05, 0) is 50.6 Å². The van der Waals surface area contributed by atoms with E-state index in [1.165, 1.54) is 11.3 Å². The summed E-state index contributed by atoms with van der Waals surface area (Å²) in [6.07, 6.45) is 1.72. The number of nitrogens with zero attached hydrogens (tertiary/aromatic N) is 3. The first-order chi connectivity index (χ1) is 12.0. The van der Waals surface area contributed by atoms with E-state index in [1.807, 2.05) is 26.0 Å². The molecular weight excluding hydrogens is 312 g/mol. The molecule has 5 nitrogen and oxygen atoms in total. The van der Waals surface area contributed by atoms with Crippen LogP contribution in [0.25, 0.3) is 0 Å². The Morgan fingerprint density at radius 2 is 1.68 bits per heavy atom. The van der Waals surface area contributed by atoms with Crippen LogP contribution in [-0.2, 0) is 0 Å². The summed E-state index contributed by atoms with van der Waals surface area (Å²) in [5.74, 6) is -0.116. The maximum Gasteiger partial charge on any atom is 0.270 e. The average molecular weight is 338 g/mol. The first kappa shape index (κ1) is 17.3. The maximum atomic E-state index is 12.2. The molecule has 2 aromatic rings. The van der Waals surface area contributed by atoms with E-state index in [4.69, 9.17) is 0 Å². The van der Waals surface area contributed by atoms with Crippen molar-refractivity contribution < 1.29 is 4.79 Å². The van der Waals surface area contributed by atoms with Gasteiger partial charge in [0, 0.05) is 49.8 Å². The largest absolute Gasteiger partial charge is 0.368 e. The molecule has 0 unspecified atom stereocenters. The zero-order chi connectivity index (χ0) is 17.8. The van der Waals surface area contributed by atoms with Crippen LogP contribution in [0.1, 0.15) is 29.9 Å². The Hall–Kier alpha value is -2.56. The van der Waals surface area contributed by atoms with Gasteiger partial charge >= 0.3 is 0 Å². The topological polar surface area (TPSA) is 48.5 Å². The minimum Gasteiger partial charge on any atom is -0.368 e. The van der Waals surface area contributed by atoms with Crippen LogP contribution in [-0.4, -0.2) is 43.1 Å². The normalized spacial score (nSPS) is 14.7. The van der Waals surface area contributed by atoms with Gasteiger partial charge in [0.2, 0.25) is 0 Å². The number of carbonyl (C=O) groups is 1. The zero-order valence-corrected chi connectivity index (χ0v) is 15.2. The van der Waals surface area contributed by atoms with Gasteiger partial charge in [0.1, 0.15) is 5.69 Å². The molecule has 1 aliphatic rings. The first-order valence-electron chi connectivity index (χ1n) is 8.86. The number of aryl methyl sites for hydroxylation is 1. The number of benzene rings is 1. The molecule has 0 bridgehead atoms. The van der Waals surface area contributed by atoms with E-state index in [1.54, 1.807) is 6.20 Å². The van der Waals surface area contributed by atoms with Crippen LogP contribution in [0.4, 0.5) is 11.4 Å². The lowest BCUT2D eigenvalue weighted by molar-refractivity contribution is 0.0938. The van der Waals surface area contributed by atoms with Crippen LogP contribution in [0.5, 0.6) is 0 Å². The molecule has 0 spiro atoms. The second-order valence-corrected chi connectivity index (χ2v) is 6.84. The van der Waals surface area contributed by atoms with E-state index in [-0.39, 0.29) is 11.9 Å². The number of aromatic nitrogens is 1. The van der Waals surface area contributed by atoms with Crippen molar-refractivity contribution in [1.82, 2.24) is 10.3 Å². The molecule has 25 heavy (non-hydrogen) atoms. The van der Waals surface area contributed by atoms with Gasteiger partial charge in [-0.25, -0.2) is 0 Å². The van der Waals surface area contributed by atoms with Crippen molar-refractivity contribution >= 4 is 17.3 Å². The van der Waals surface area contributed by atoms with Gasteiger partial charge in [0.25, 0.3) is 5.91 Å². The van der Waals surface area contributed by atoms with Crippen molar-refractivity contribution in [1.29, 1.82) is 0 Å². The van der Waals surface area contributed by atoms with Crippen LogP contribution >= 0.6 is 0 Å². The highest BCUT2D eigenvalue weighted by molar-refractivity contribution is 5.93. The van der Waals surface area contributed by atoms with Gasteiger partial charge in [0.05, 0.1) is 0 Å². The Morgan fingerprint density at radius 3 is 2.28 bits per heavy atom. The molecule has 1 fully saturated rings. The van der Waals surface area contributed by atoms with Gasteiger partial charge in [0.15, 0.2) is 0 Å². The highest BCUT2D eigenvalue weighted by Crippen LogP contribution is 2.21. The molecule has 3 rings (SSSR count). The summed E-state index contributed by atoms with van der Waals surface area (Å²) >= 11 is 0. The SMILES string of the molecule is Cc1cccc(N2CCN(c3ccnc(C(=O)NC(C)C)c3)CC2)c1. The molecule has 132 valence electrons. The van der Waals surface area contributed by atoms with Crippen LogP contribution < -0.4 is 15.1 Å². The van der Waals surface area contributed by atoms with E-state index >= 15 is 0 Å². The second kappa shape index (κ2) is 7.55. The number of nitrogens with one attached hydrogen (secondary N) is 1. The van der Waals surface area contributed by atoms with Crippen molar-refractivity contribution in [3.8, 4) is 0 Å². The maximum absolute atomic E-state index is 12.2. The number of hydrogen-bond acceptors (Lipinski definition) is 4. The minimum absolute atomic E-state index is 0.107. The Balaban J connectivity index is 1.66. The Morgan fingerprint density at radius 1 is 1.04 bits per heavy atom. The standard InChI is InChI=1S/C20H26N4O/c1-15(2)22-20(25)19-14-18(7-8-21-19)24-11-9-23(10-12-24)17-6-4-5-16(3)13-17/h4-8,13-15H,9-12H2,1-3H3,(H,22,25). The highest BCUT2D eigenvalue weighted by Gasteiger charge is 2.19. The Bertz CT molecular complexity index is 736. The molecule has 1 aromatic carbocycles. The number of carbonyl (C=O) groups excluding carboxylic acids is 1. The summed E-state index contributed by atoms with van der Waals surface area (Å²) in [5.41, 5.74) is 4.11. The fourth-order valence-electron chi connectivity index (χ4n) is 3.12. The molecule has 5 heteroatoms. The van der Waals surface area contributed by atoms with Gasteiger partial charge in [-0.15, -0.1) is 0 Å². The zero-order valence-electron chi connectivity index (χ0n) is 15.2. The summed E-state index contributed by atoms with van der Waals surface area (Å²) in [6, 6.07) is 12.6. The lowest BCUT2D eigenvalue weighted by atomic mass is 10.2. The average Bonchev–Trinajstić information content (AvgIpc) is 2.61. The molecule has 1 aromatic heterocycles. The molecule has 0 saturated carbocycles. The lowest BCUT2D eigenvalue weighted by Crippen LogP contribution is -2.46. The fourth-order valence-corrected chi connectivity index (χ4v) is 3.12. The number of piperazine rings is 1. The number of anilines is 2. The molecule has 2 heterocycles. The fraction of sp³-hybridized carbons (Fsp3) is 0.400. The van der Waals surface area contributed by atoms with Crippen molar-refractivity contribution in [3.63, 3.8) is 0 Å². The monoisotopic (exact) mass is 338 g/mol. The molecule has 0 aliphatic carbocycles. The third kappa shape index (κ3) is 4.29. The Kier molecular flexibility index (Phi) is 5.22. The van der Waals surface area contributed by atoms with Gasteiger partial charge < -0.3 is 15.1 Å². The predicted molar refractivity (Wildman–Crippen MR) is 102 cm³/mol. The van der Waals surface area contributed by atoms with E-state index in [2.05, 4.69) is 51.3 Å². The summed E-state index contributed by atoms with van der Waals surface area (Å²) in [7, 11) is 0. The number of hydrogen-bond donors (Lipinski definition) is 1. The summed E-state index contributed by atoms with van der Waals surface area (Å²) in [5, 5.41) is 2.89. The quantitative estimate of drug-likeness (QED) is 0.931. The number of rotatable bonds is 4. The molecule has 1 aliphatic heterocycles. The molecular formula is C20H26N4O. The van der Waals surface area contributed by atoms with E-state index < -0.39 is 0 Å². The first-order valence-corrected chi connectivity index (χ1v) is 8.86. The molecule has 0 radical (unpaired) electrons. The van der Waals surface area contributed by atoms with E-state index in [9.17, 15) is 4.79 Å². The molecule has 1 saturated heterocycles. The van der Waals surface area contributed by atoms with Gasteiger partial charge in [-0.1, -0.05) is 12.1 Å². The lowest BCUT2D eigenvalue weighted by Gasteiger charge is -2.37. The molecule has 1 N–H and O–H groups in total. The highest BCUT2D eigenvalue weighted by atomic mass is 16.1. The van der Waals surface area contributed by atoms with Crippen molar-refractivity contribution in [2.45, 2.75) is 26.8 Å². The van der Waals surface area contributed by atoms with Crippen molar-refractivity contribution in [2.75, 3.05) is 36.0 Å². The van der Waals surface area contributed by atoms with E-state index in [0.717, 1.165) is 31.9 Å². The van der Waals surface area contributed by atoms with Crippen LogP contribution in [0.2, 0.25) is 0 Å². The van der Waals surface area contributed by atoms with Gasteiger partial charge in [-0.2, -0.15) is 0 Å². The predicted octanol–water partition coefficient (Wildman–Crippen LogP) is 2.85. The Labute approximate surface area is 149 Å². The van der Waals surface area contributed by atoms with Gasteiger partial charge in [-0.3, -0.25) is 9.78 Å². The minimum atomic E-state index is -0.116. The van der Waals surface area contributed by atoms with Crippen LogP contribution in [0, 0.1) is 6.92 Å². The molecule has 1 amide bonds. The summed E-state index contributed by atoms with van der Waals surface area (Å²) in [4.78, 5) is 21.1. The third-order valence-corrected chi connectivity index (χ3v) is 4.41. The summed E-state index contributed by atoms with van der Waals surface area (Å²) in [6.45, 7) is 9.84. The van der Waals surface area contributed by atoms with Crippen molar-refractivity contribution in [3.05, 3.63) is 53.9 Å². The van der Waals surface area contributed by atoms with Crippen molar-refractivity contribution in [2.24, 2.45) is 0 Å². The second-order valence-electron chi connectivity index (χ2n) is 6.84. The van der Waals surface area contributed by atoms with Crippen LogP contribution in [0.3, 0.4) is 0 Å². The number of amides is 1. The van der Waals surface area contributed by atoms with Crippen LogP contribution in [0.15, 0.2) is 42.6 Å². The van der Waals surface area contributed by atoms with E-state index in [0.29, 0.717) is 5.69 Å². The summed E-state index contributed by atoms with van der Waals surface area (Å²) < 4.78 is 0. The molecule has 0 atom stereocenters. The third-order valence-electron chi connectivity index (χ3n) is 4.41.